The summed E-state index contributed by atoms with van der Waals surface area (Å²) in [7, 11) is 0. The number of nitrogens with one attached hydrogen (secondary N) is 1. The van der Waals surface area contributed by atoms with E-state index in [2.05, 4.69) is 11.4 Å². The molecule has 0 bridgehead atoms. The molecule has 4 nitrogen and oxygen atoms in total. The van der Waals surface area contributed by atoms with Gasteiger partial charge in [0.1, 0.15) is 0 Å². The van der Waals surface area contributed by atoms with E-state index < -0.39 is 11.8 Å². The van der Waals surface area contributed by atoms with Crippen LogP contribution >= 0.6 is 35.3 Å². The number of carbonyl (C=O) groups is 2. The summed E-state index contributed by atoms with van der Waals surface area (Å²) >= 11 is 5.71. The van der Waals surface area contributed by atoms with E-state index in [-0.39, 0.29) is 0 Å². The topological polar surface area (TPSA) is 49.4 Å². The second kappa shape index (κ2) is 8.35. The third kappa shape index (κ3) is 4.61. The largest absolute Gasteiger partial charge is 0.333 e. The molecule has 2 amide bonds. The lowest BCUT2D eigenvalue weighted by Crippen LogP contribution is -2.44. The summed E-state index contributed by atoms with van der Waals surface area (Å²) in [5.74, 6) is 3.23. The van der Waals surface area contributed by atoms with Crippen molar-refractivity contribution in [2.45, 2.75) is 11.0 Å². The molecule has 124 valence electrons. The van der Waals surface area contributed by atoms with Crippen molar-refractivity contribution in [3.8, 4) is 0 Å². The molecule has 1 N–H and O–H groups in total. The minimum absolute atomic E-state index is 0.419. The number of nitrogens with zero attached hydrogens (tertiary/aromatic N) is 1. The zero-order valence-corrected chi connectivity index (χ0v) is 15.3. The van der Waals surface area contributed by atoms with Gasteiger partial charge < -0.3 is 10.2 Å². The molecule has 2 heterocycles. The number of hydrogen-bond acceptors (Lipinski definition) is 5. The molecule has 1 aromatic rings. The molecule has 7 heteroatoms. The highest BCUT2D eigenvalue weighted by atomic mass is 32.2. The van der Waals surface area contributed by atoms with Crippen molar-refractivity contribution >= 4 is 52.8 Å². The lowest BCUT2D eigenvalue weighted by Gasteiger charge is -2.25. The SMILES string of the molecule is O=C(Nc1cccc(C2SCCCS2)c1)C(=O)N1CCSCC1. The standard InChI is InChI=1S/C16H20N2O2S3/c19-14(15(20)18-5-9-21-10-6-18)17-13-4-1-3-12(11-13)16-22-7-2-8-23-16/h1,3-4,11,16H,2,5-10H2,(H,17,19). The van der Waals surface area contributed by atoms with Crippen LogP contribution in [0.3, 0.4) is 0 Å². The molecule has 2 fully saturated rings. The Morgan fingerprint density at radius 1 is 1.09 bits per heavy atom. The number of carbonyl (C=O) groups excluding carboxylic acids is 2. The van der Waals surface area contributed by atoms with Gasteiger partial charge in [-0.2, -0.15) is 11.8 Å². The van der Waals surface area contributed by atoms with Crippen molar-refractivity contribution in [1.82, 2.24) is 4.90 Å². The number of thioether (sulfide) groups is 3. The van der Waals surface area contributed by atoms with Crippen LogP contribution in [0.5, 0.6) is 0 Å². The highest BCUT2D eigenvalue weighted by Gasteiger charge is 2.24. The molecule has 0 spiro atoms. The number of hydrogen-bond donors (Lipinski definition) is 1. The van der Waals surface area contributed by atoms with Gasteiger partial charge in [-0.15, -0.1) is 23.5 Å². The van der Waals surface area contributed by atoms with Gasteiger partial charge >= 0.3 is 11.8 Å². The Morgan fingerprint density at radius 3 is 2.57 bits per heavy atom. The van der Waals surface area contributed by atoms with Crippen LogP contribution in [0.25, 0.3) is 0 Å². The second-order valence-electron chi connectivity index (χ2n) is 5.41. The van der Waals surface area contributed by atoms with Crippen molar-refractivity contribution in [1.29, 1.82) is 0 Å². The van der Waals surface area contributed by atoms with Crippen LogP contribution in [0.2, 0.25) is 0 Å². The zero-order valence-electron chi connectivity index (χ0n) is 12.8. The molecule has 0 atom stereocenters. The molecule has 2 saturated heterocycles. The van der Waals surface area contributed by atoms with Crippen LogP contribution < -0.4 is 5.32 Å². The maximum atomic E-state index is 12.2. The molecule has 0 radical (unpaired) electrons. The fourth-order valence-electron chi connectivity index (χ4n) is 2.54. The third-order valence-electron chi connectivity index (χ3n) is 3.74. The van der Waals surface area contributed by atoms with Gasteiger partial charge in [0.05, 0.1) is 4.58 Å². The van der Waals surface area contributed by atoms with Gasteiger partial charge in [-0.1, -0.05) is 12.1 Å². The van der Waals surface area contributed by atoms with Crippen LogP contribution in [-0.4, -0.2) is 52.8 Å². The Balaban J connectivity index is 1.62. The lowest BCUT2D eigenvalue weighted by atomic mass is 10.2. The summed E-state index contributed by atoms with van der Waals surface area (Å²) in [5.41, 5.74) is 1.92. The van der Waals surface area contributed by atoms with Gasteiger partial charge in [-0.05, 0) is 35.6 Å². The van der Waals surface area contributed by atoms with E-state index in [1.165, 1.54) is 23.5 Å². The maximum Gasteiger partial charge on any atom is 0.313 e. The third-order valence-corrected chi connectivity index (χ3v) is 7.69. The van der Waals surface area contributed by atoms with E-state index in [9.17, 15) is 9.59 Å². The first kappa shape index (κ1) is 17.0. The molecular weight excluding hydrogens is 348 g/mol. The van der Waals surface area contributed by atoms with Gasteiger partial charge in [0, 0.05) is 30.3 Å². The van der Waals surface area contributed by atoms with E-state index in [0.717, 1.165) is 11.5 Å². The van der Waals surface area contributed by atoms with Gasteiger partial charge in [-0.25, -0.2) is 0 Å². The Kier molecular flexibility index (Phi) is 6.19. The summed E-state index contributed by atoms with van der Waals surface area (Å²) in [6.45, 7) is 1.32. The monoisotopic (exact) mass is 368 g/mol. The van der Waals surface area contributed by atoms with E-state index in [1.54, 1.807) is 4.90 Å². The molecule has 2 aliphatic heterocycles. The van der Waals surface area contributed by atoms with Gasteiger partial charge in [0.2, 0.25) is 0 Å². The van der Waals surface area contributed by atoms with E-state index >= 15 is 0 Å². The minimum Gasteiger partial charge on any atom is -0.333 e. The Labute approximate surface area is 149 Å². The molecule has 1 aromatic carbocycles. The van der Waals surface area contributed by atoms with Crippen molar-refractivity contribution < 1.29 is 9.59 Å². The van der Waals surface area contributed by atoms with Crippen LogP contribution in [0.15, 0.2) is 24.3 Å². The minimum atomic E-state index is -0.530. The molecule has 0 saturated carbocycles. The first-order chi connectivity index (χ1) is 11.2. The Morgan fingerprint density at radius 2 is 1.83 bits per heavy atom. The van der Waals surface area contributed by atoms with Crippen molar-refractivity contribution in [2.24, 2.45) is 0 Å². The summed E-state index contributed by atoms with van der Waals surface area (Å²) < 4.78 is 0.426. The van der Waals surface area contributed by atoms with Gasteiger partial charge in [0.15, 0.2) is 0 Å². The van der Waals surface area contributed by atoms with Gasteiger partial charge in [-0.3, -0.25) is 9.59 Å². The quantitative estimate of drug-likeness (QED) is 0.813. The van der Waals surface area contributed by atoms with Crippen molar-refractivity contribution in [3.63, 3.8) is 0 Å². The van der Waals surface area contributed by atoms with Crippen LogP contribution in [0.4, 0.5) is 5.69 Å². The molecule has 2 aliphatic rings. The van der Waals surface area contributed by atoms with Crippen molar-refractivity contribution in [2.75, 3.05) is 41.4 Å². The first-order valence-electron chi connectivity index (χ1n) is 7.75. The Hall–Kier alpha value is -0.790. The predicted octanol–water partition coefficient (Wildman–Crippen LogP) is 3.07. The first-order valence-corrected chi connectivity index (χ1v) is 11.0. The summed E-state index contributed by atoms with van der Waals surface area (Å²) in [4.78, 5) is 26.0. The van der Waals surface area contributed by atoms with Crippen LogP contribution in [0.1, 0.15) is 16.6 Å². The summed E-state index contributed by atoms with van der Waals surface area (Å²) in [6.07, 6.45) is 1.25. The molecule has 3 rings (SSSR count). The molecule has 0 unspecified atom stereocenters. The van der Waals surface area contributed by atoms with E-state index in [1.807, 2.05) is 53.5 Å². The average Bonchev–Trinajstić information content (AvgIpc) is 2.63. The number of rotatable bonds is 2. The Bertz CT molecular complexity index is 570. The highest BCUT2D eigenvalue weighted by molar-refractivity contribution is 8.16. The zero-order chi connectivity index (χ0) is 16.1. The molecule has 23 heavy (non-hydrogen) atoms. The molecule has 0 aromatic heterocycles. The molecular formula is C16H20N2O2S3. The maximum absolute atomic E-state index is 12.2. The number of anilines is 1. The van der Waals surface area contributed by atoms with Crippen molar-refractivity contribution in [3.05, 3.63) is 29.8 Å². The highest BCUT2D eigenvalue weighted by Crippen LogP contribution is 2.44. The number of amides is 2. The lowest BCUT2D eigenvalue weighted by molar-refractivity contribution is -0.142. The second-order valence-corrected chi connectivity index (χ2v) is 9.36. The van der Waals surface area contributed by atoms with E-state index in [0.29, 0.717) is 23.4 Å². The fraction of sp³-hybridized carbons (Fsp3) is 0.500. The normalized spacial score (nSPS) is 19.4. The summed E-state index contributed by atoms with van der Waals surface area (Å²) in [6, 6.07) is 7.88. The smallest absolute Gasteiger partial charge is 0.313 e. The number of benzene rings is 1. The fourth-order valence-corrected chi connectivity index (χ4v) is 6.31. The van der Waals surface area contributed by atoms with Gasteiger partial charge in [0.25, 0.3) is 0 Å². The predicted molar refractivity (Wildman–Crippen MR) is 101 cm³/mol. The average molecular weight is 369 g/mol. The van der Waals surface area contributed by atoms with Crippen LogP contribution in [-0.2, 0) is 9.59 Å². The van der Waals surface area contributed by atoms with E-state index in [4.69, 9.17) is 0 Å². The summed E-state index contributed by atoms with van der Waals surface area (Å²) in [5, 5.41) is 2.76. The van der Waals surface area contributed by atoms with Crippen LogP contribution in [0, 0.1) is 0 Å². The molecule has 0 aliphatic carbocycles.